The predicted octanol–water partition coefficient (Wildman–Crippen LogP) is 3.63. The SMILES string of the molecule is O[C@@H]1CC=C(c2cccc(C(F)(F)F)c2)CC1. The monoisotopic (exact) mass is 242 g/mol. The number of rotatable bonds is 1. The van der Waals surface area contributed by atoms with Gasteiger partial charge in [-0.2, -0.15) is 13.2 Å². The fraction of sp³-hybridized carbons (Fsp3) is 0.385. The van der Waals surface area contributed by atoms with Gasteiger partial charge < -0.3 is 5.11 Å². The highest BCUT2D eigenvalue weighted by molar-refractivity contribution is 5.67. The van der Waals surface area contributed by atoms with Gasteiger partial charge in [-0.05, 0) is 42.5 Å². The van der Waals surface area contributed by atoms with Crippen LogP contribution in [0.1, 0.15) is 30.4 Å². The largest absolute Gasteiger partial charge is 0.416 e. The number of allylic oxidation sites excluding steroid dienone is 1. The maximum Gasteiger partial charge on any atom is 0.416 e. The number of hydrogen-bond donors (Lipinski definition) is 1. The van der Waals surface area contributed by atoms with Crippen molar-refractivity contribution in [2.24, 2.45) is 0 Å². The maximum atomic E-state index is 12.5. The molecule has 1 atom stereocenters. The van der Waals surface area contributed by atoms with E-state index < -0.39 is 11.7 Å². The number of aliphatic hydroxyl groups excluding tert-OH is 1. The number of hydrogen-bond acceptors (Lipinski definition) is 1. The molecule has 4 heteroatoms. The molecule has 1 nitrogen and oxygen atoms in total. The lowest BCUT2D eigenvalue weighted by Crippen LogP contribution is -2.10. The molecule has 0 bridgehead atoms. The highest BCUT2D eigenvalue weighted by Crippen LogP contribution is 2.33. The van der Waals surface area contributed by atoms with E-state index in [1.807, 2.05) is 6.08 Å². The first kappa shape index (κ1) is 12.2. The standard InChI is InChI=1S/C13H13F3O/c14-13(15,16)11-3-1-2-10(8-11)9-4-6-12(17)7-5-9/h1-4,8,12,17H,5-7H2/t12-/m1/s1. The molecule has 0 amide bonds. The summed E-state index contributed by atoms with van der Waals surface area (Å²) in [6, 6.07) is 5.34. The Morgan fingerprint density at radius 1 is 1.24 bits per heavy atom. The van der Waals surface area contributed by atoms with E-state index >= 15 is 0 Å². The molecule has 1 aliphatic rings. The Bertz CT molecular complexity index is 435. The van der Waals surface area contributed by atoms with Gasteiger partial charge in [-0.15, -0.1) is 0 Å². The van der Waals surface area contributed by atoms with E-state index in [1.165, 1.54) is 12.1 Å². The summed E-state index contributed by atoms with van der Waals surface area (Å²) in [5.41, 5.74) is 0.871. The highest BCUT2D eigenvalue weighted by Gasteiger charge is 2.30. The van der Waals surface area contributed by atoms with Crippen LogP contribution < -0.4 is 0 Å². The van der Waals surface area contributed by atoms with Crippen molar-refractivity contribution in [3.63, 3.8) is 0 Å². The van der Waals surface area contributed by atoms with Crippen LogP contribution in [0.15, 0.2) is 30.3 Å². The van der Waals surface area contributed by atoms with Gasteiger partial charge in [0.15, 0.2) is 0 Å². The summed E-state index contributed by atoms with van der Waals surface area (Å²) in [6.07, 6.45) is -1.07. The van der Waals surface area contributed by atoms with Crippen molar-refractivity contribution in [3.05, 3.63) is 41.5 Å². The third-order valence-corrected chi connectivity index (χ3v) is 2.94. The van der Waals surface area contributed by atoms with Gasteiger partial charge in [0, 0.05) is 0 Å². The van der Waals surface area contributed by atoms with Crippen LogP contribution in [0.3, 0.4) is 0 Å². The Morgan fingerprint density at radius 2 is 2.00 bits per heavy atom. The normalized spacial score (nSPS) is 21.2. The molecular formula is C13H13F3O. The first-order valence-electron chi connectivity index (χ1n) is 5.51. The van der Waals surface area contributed by atoms with Crippen LogP contribution in [0, 0.1) is 0 Å². The van der Waals surface area contributed by atoms with Gasteiger partial charge in [0.25, 0.3) is 0 Å². The summed E-state index contributed by atoms with van der Waals surface area (Å²) >= 11 is 0. The van der Waals surface area contributed by atoms with Crippen LogP contribution in [0.4, 0.5) is 13.2 Å². The third-order valence-electron chi connectivity index (χ3n) is 2.94. The molecule has 1 aromatic rings. The fourth-order valence-electron chi connectivity index (χ4n) is 1.98. The molecule has 2 rings (SSSR count). The number of aliphatic hydroxyl groups is 1. The second-order valence-corrected chi connectivity index (χ2v) is 4.24. The van der Waals surface area contributed by atoms with Crippen molar-refractivity contribution in [1.29, 1.82) is 0 Å². The van der Waals surface area contributed by atoms with Gasteiger partial charge in [0.2, 0.25) is 0 Å². The predicted molar refractivity (Wildman–Crippen MR) is 59.3 cm³/mol. The van der Waals surface area contributed by atoms with Crippen molar-refractivity contribution >= 4 is 5.57 Å². The van der Waals surface area contributed by atoms with E-state index in [-0.39, 0.29) is 6.10 Å². The molecule has 1 N–H and O–H groups in total. The molecular weight excluding hydrogens is 229 g/mol. The lowest BCUT2D eigenvalue weighted by Gasteiger charge is -2.18. The van der Waals surface area contributed by atoms with Gasteiger partial charge in [0.05, 0.1) is 11.7 Å². The van der Waals surface area contributed by atoms with E-state index in [0.29, 0.717) is 24.8 Å². The van der Waals surface area contributed by atoms with Gasteiger partial charge in [-0.3, -0.25) is 0 Å². The molecule has 0 saturated heterocycles. The molecule has 0 heterocycles. The molecule has 17 heavy (non-hydrogen) atoms. The molecule has 92 valence electrons. The zero-order valence-corrected chi connectivity index (χ0v) is 9.17. The van der Waals surface area contributed by atoms with E-state index in [9.17, 15) is 18.3 Å². The molecule has 1 aliphatic carbocycles. The van der Waals surface area contributed by atoms with Gasteiger partial charge in [-0.25, -0.2) is 0 Å². The minimum atomic E-state index is -4.30. The molecule has 0 spiro atoms. The van der Waals surface area contributed by atoms with Crippen LogP contribution in [0.5, 0.6) is 0 Å². The Labute approximate surface area is 97.6 Å². The van der Waals surface area contributed by atoms with E-state index in [4.69, 9.17) is 0 Å². The summed E-state index contributed by atoms with van der Waals surface area (Å²) in [6.45, 7) is 0. The summed E-state index contributed by atoms with van der Waals surface area (Å²) in [4.78, 5) is 0. The minimum Gasteiger partial charge on any atom is -0.393 e. The van der Waals surface area contributed by atoms with E-state index in [2.05, 4.69) is 0 Å². The molecule has 0 fully saturated rings. The Hall–Kier alpha value is -1.29. The zero-order valence-electron chi connectivity index (χ0n) is 9.17. The average molecular weight is 242 g/mol. The summed E-state index contributed by atoms with van der Waals surface area (Å²) < 4.78 is 37.6. The van der Waals surface area contributed by atoms with Crippen molar-refractivity contribution in [2.45, 2.75) is 31.5 Å². The van der Waals surface area contributed by atoms with Crippen LogP contribution >= 0.6 is 0 Å². The van der Waals surface area contributed by atoms with Crippen LogP contribution in [-0.2, 0) is 6.18 Å². The van der Waals surface area contributed by atoms with Crippen LogP contribution in [0.2, 0.25) is 0 Å². The molecule has 0 aliphatic heterocycles. The first-order valence-corrected chi connectivity index (χ1v) is 5.51. The van der Waals surface area contributed by atoms with Crippen molar-refractivity contribution in [2.75, 3.05) is 0 Å². The third kappa shape index (κ3) is 2.88. The smallest absolute Gasteiger partial charge is 0.393 e. The lowest BCUT2D eigenvalue weighted by atomic mass is 9.91. The second kappa shape index (κ2) is 4.53. The van der Waals surface area contributed by atoms with Gasteiger partial charge in [-0.1, -0.05) is 18.2 Å². The quantitative estimate of drug-likeness (QED) is 0.797. The Balaban J connectivity index is 2.28. The van der Waals surface area contributed by atoms with Crippen molar-refractivity contribution in [3.8, 4) is 0 Å². The van der Waals surface area contributed by atoms with Gasteiger partial charge in [0.1, 0.15) is 0 Å². The Morgan fingerprint density at radius 3 is 2.59 bits per heavy atom. The molecule has 1 aromatic carbocycles. The maximum absolute atomic E-state index is 12.5. The Kier molecular flexibility index (Phi) is 3.24. The second-order valence-electron chi connectivity index (χ2n) is 4.24. The van der Waals surface area contributed by atoms with E-state index in [0.717, 1.165) is 11.6 Å². The molecule has 0 radical (unpaired) electrons. The molecule has 0 saturated carbocycles. The minimum absolute atomic E-state index is 0.357. The molecule has 0 aromatic heterocycles. The van der Waals surface area contributed by atoms with Crippen LogP contribution in [-0.4, -0.2) is 11.2 Å². The molecule has 0 unspecified atom stereocenters. The van der Waals surface area contributed by atoms with Crippen molar-refractivity contribution in [1.82, 2.24) is 0 Å². The topological polar surface area (TPSA) is 20.2 Å². The lowest BCUT2D eigenvalue weighted by molar-refractivity contribution is -0.137. The first-order chi connectivity index (χ1) is 7.97. The summed E-state index contributed by atoms with van der Waals surface area (Å²) in [5, 5.41) is 9.33. The van der Waals surface area contributed by atoms with Crippen molar-refractivity contribution < 1.29 is 18.3 Å². The number of halogens is 3. The average Bonchev–Trinajstić information content (AvgIpc) is 2.29. The summed E-state index contributed by atoms with van der Waals surface area (Å²) in [7, 11) is 0. The number of benzene rings is 1. The van der Waals surface area contributed by atoms with Crippen LogP contribution in [0.25, 0.3) is 5.57 Å². The number of alkyl halides is 3. The van der Waals surface area contributed by atoms with E-state index in [1.54, 1.807) is 6.07 Å². The highest BCUT2D eigenvalue weighted by atomic mass is 19.4. The van der Waals surface area contributed by atoms with Gasteiger partial charge >= 0.3 is 6.18 Å². The summed E-state index contributed by atoms with van der Waals surface area (Å²) in [5.74, 6) is 0. The zero-order chi connectivity index (χ0) is 12.5. The fourth-order valence-corrected chi connectivity index (χ4v) is 1.98.